The Hall–Kier alpha value is -2.69. The summed E-state index contributed by atoms with van der Waals surface area (Å²) >= 11 is 0. The zero-order valence-electron chi connectivity index (χ0n) is 15.8. The molecule has 0 bridgehead atoms. The number of nitrogens with zero attached hydrogens (tertiary/aromatic N) is 1. The Morgan fingerprint density at radius 2 is 1.59 bits per heavy atom. The van der Waals surface area contributed by atoms with Crippen molar-refractivity contribution in [3.63, 3.8) is 0 Å². The molecule has 0 saturated carbocycles. The van der Waals surface area contributed by atoms with Gasteiger partial charge in [-0.05, 0) is 48.5 Å². The van der Waals surface area contributed by atoms with Crippen molar-refractivity contribution in [2.75, 3.05) is 19.9 Å². The van der Waals surface area contributed by atoms with Crippen LogP contribution in [0.25, 0.3) is 11.5 Å². The summed E-state index contributed by atoms with van der Waals surface area (Å²) in [6, 6.07) is 12.3. The van der Waals surface area contributed by atoms with E-state index in [0.29, 0.717) is 18.0 Å². The lowest BCUT2D eigenvalue weighted by Crippen LogP contribution is -2.26. The molecule has 8 nitrogen and oxygen atoms in total. The van der Waals surface area contributed by atoms with Crippen molar-refractivity contribution >= 4 is 19.9 Å². The molecule has 0 radical (unpaired) electrons. The summed E-state index contributed by atoms with van der Waals surface area (Å²) < 4.78 is 60.7. The van der Waals surface area contributed by atoms with E-state index in [4.69, 9.17) is 9.15 Å². The van der Waals surface area contributed by atoms with E-state index in [1.165, 1.54) is 30.5 Å². The van der Waals surface area contributed by atoms with Crippen LogP contribution in [0.15, 0.2) is 69.0 Å². The van der Waals surface area contributed by atoms with Crippen LogP contribution in [0.2, 0.25) is 0 Å². The van der Waals surface area contributed by atoms with Gasteiger partial charge in [-0.25, -0.2) is 26.5 Å². The predicted octanol–water partition coefficient (Wildman–Crippen LogP) is 2.27. The highest BCUT2D eigenvalue weighted by molar-refractivity contribution is 7.90. The lowest BCUT2D eigenvalue weighted by atomic mass is 10.2. The quantitative estimate of drug-likeness (QED) is 0.576. The van der Waals surface area contributed by atoms with Crippen molar-refractivity contribution in [2.45, 2.75) is 16.2 Å². The van der Waals surface area contributed by atoms with Crippen LogP contribution in [0.4, 0.5) is 0 Å². The van der Waals surface area contributed by atoms with Gasteiger partial charge in [0.2, 0.25) is 15.9 Å². The van der Waals surface area contributed by atoms with E-state index in [0.717, 1.165) is 17.6 Å². The topological polar surface area (TPSA) is 116 Å². The number of sulfonamides is 1. The van der Waals surface area contributed by atoms with E-state index < -0.39 is 19.9 Å². The molecule has 2 aromatic carbocycles. The summed E-state index contributed by atoms with van der Waals surface area (Å²) in [6.45, 7) is 0.116. The average molecular weight is 437 g/mol. The molecule has 10 heteroatoms. The normalized spacial score (nSPS) is 12.1. The van der Waals surface area contributed by atoms with Crippen LogP contribution in [0.3, 0.4) is 0 Å². The third-order valence-electron chi connectivity index (χ3n) is 4.12. The van der Waals surface area contributed by atoms with Gasteiger partial charge in [-0.3, -0.25) is 0 Å². The molecule has 0 saturated heterocycles. The van der Waals surface area contributed by atoms with E-state index in [1.54, 1.807) is 19.2 Å². The van der Waals surface area contributed by atoms with Gasteiger partial charge in [0, 0.05) is 24.8 Å². The van der Waals surface area contributed by atoms with Gasteiger partial charge in [0.25, 0.3) is 0 Å². The van der Waals surface area contributed by atoms with Crippen molar-refractivity contribution in [2.24, 2.45) is 0 Å². The molecular formula is C19H20N2O6S2. The van der Waals surface area contributed by atoms with Gasteiger partial charge in [0.05, 0.1) is 22.6 Å². The Bertz CT molecular complexity index is 1180. The number of rotatable bonds is 8. The molecule has 0 fully saturated rings. The van der Waals surface area contributed by atoms with Crippen molar-refractivity contribution in [1.29, 1.82) is 0 Å². The smallest absolute Gasteiger partial charge is 0.240 e. The zero-order chi connectivity index (χ0) is 21.1. The second-order valence-electron chi connectivity index (χ2n) is 6.26. The number of hydrogen-bond acceptors (Lipinski definition) is 7. The van der Waals surface area contributed by atoms with E-state index >= 15 is 0 Å². The van der Waals surface area contributed by atoms with Gasteiger partial charge < -0.3 is 9.15 Å². The SMILES string of the molecule is COc1ccc(-c2nc(CCNS(=O)(=O)c3ccc(S(C)(=O)=O)cc3)co2)cc1. The van der Waals surface area contributed by atoms with E-state index in [-0.39, 0.29) is 16.3 Å². The van der Waals surface area contributed by atoms with Crippen LogP contribution >= 0.6 is 0 Å². The predicted molar refractivity (Wildman–Crippen MR) is 107 cm³/mol. The van der Waals surface area contributed by atoms with Crippen molar-refractivity contribution in [1.82, 2.24) is 9.71 Å². The molecule has 0 atom stereocenters. The van der Waals surface area contributed by atoms with E-state index in [2.05, 4.69) is 9.71 Å². The maximum Gasteiger partial charge on any atom is 0.240 e. The van der Waals surface area contributed by atoms with Crippen LogP contribution in [-0.2, 0) is 26.3 Å². The molecule has 3 rings (SSSR count). The standard InChI is InChI=1S/C19H20N2O6S2/c1-26-16-5-3-14(4-6-16)19-21-15(13-27-19)11-12-20-29(24,25)18-9-7-17(8-10-18)28(2,22)23/h3-10,13,20H,11-12H2,1-2H3. The highest BCUT2D eigenvalue weighted by Gasteiger charge is 2.16. The van der Waals surface area contributed by atoms with Gasteiger partial charge in [0.1, 0.15) is 12.0 Å². The molecule has 0 aliphatic rings. The van der Waals surface area contributed by atoms with Crippen molar-refractivity contribution in [3.8, 4) is 17.2 Å². The molecule has 0 unspecified atom stereocenters. The maximum atomic E-state index is 12.4. The minimum atomic E-state index is -3.76. The third kappa shape index (κ3) is 5.22. The fourth-order valence-corrected chi connectivity index (χ4v) is 4.21. The first-order chi connectivity index (χ1) is 13.7. The Kier molecular flexibility index (Phi) is 6.06. The number of oxazole rings is 1. The lowest BCUT2D eigenvalue weighted by molar-refractivity contribution is 0.415. The van der Waals surface area contributed by atoms with Gasteiger partial charge in [0.15, 0.2) is 9.84 Å². The number of sulfone groups is 1. The summed E-state index contributed by atoms with van der Waals surface area (Å²) in [5, 5.41) is 0. The maximum absolute atomic E-state index is 12.4. The van der Waals surface area contributed by atoms with Gasteiger partial charge in [-0.2, -0.15) is 0 Å². The summed E-state index contributed by atoms with van der Waals surface area (Å²) in [5.74, 6) is 1.15. The number of methoxy groups -OCH3 is 1. The zero-order valence-corrected chi connectivity index (χ0v) is 17.5. The van der Waals surface area contributed by atoms with Gasteiger partial charge in [-0.15, -0.1) is 0 Å². The fourth-order valence-electron chi connectivity index (χ4n) is 2.55. The first-order valence-electron chi connectivity index (χ1n) is 8.58. The number of ether oxygens (including phenoxy) is 1. The Balaban J connectivity index is 1.61. The highest BCUT2D eigenvalue weighted by atomic mass is 32.2. The molecular weight excluding hydrogens is 416 g/mol. The number of nitrogens with one attached hydrogen (secondary N) is 1. The number of aromatic nitrogens is 1. The Morgan fingerprint density at radius 1 is 0.966 bits per heavy atom. The van der Waals surface area contributed by atoms with E-state index in [1.807, 2.05) is 12.1 Å². The van der Waals surface area contributed by atoms with Crippen molar-refractivity contribution in [3.05, 3.63) is 60.5 Å². The van der Waals surface area contributed by atoms with Crippen LogP contribution in [0.1, 0.15) is 5.69 Å². The largest absolute Gasteiger partial charge is 0.497 e. The molecule has 0 amide bonds. The van der Waals surface area contributed by atoms with Gasteiger partial charge in [-0.1, -0.05) is 0 Å². The summed E-state index contributed by atoms with van der Waals surface area (Å²) in [7, 11) is -5.56. The lowest BCUT2D eigenvalue weighted by Gasteiger charge is -2.06. The second-order valence-corrected chi connectivity index (χ2v) is 10.0. The van der Waals surface area contributed by atoms with Crippen LogP contribution < -0.4 is 9.46 Å². The number of benzene rings is 2. The Labute approximate surface area is 169 Å². The Morgan fingerprint density at radius 3 is 2.17 bits per heavy atom. The van der Waals surface area contributed by atoms with E-state index in [9.17, 15) is 16.8 Å². The van der Waals surface area contributed by atoms with Crippen LogP contribution in [-0.4, -0.2) is 41.7 Å². The minimum Gasteiger partial charge on any atom is -0.497 e. The molecule has 1 N–H and O–H groups in total. The fraction of sp³-hybridized carbons (Fsp3) is 0.211. The van der Waals surface area contributed by atoms with Crippen molar-refractivity contribution < 1.29 is 26.0 Å². The highest BCUT2D eigenvalue weighted by Crippen LogP contribution is 2.22. The second kappa shape index (κ2) is 8.36. The molecule has 1 aromatic heterocycles. The first kappa shape index (κ1) is 21.0. The van der Waals surface area contributed by atoms with Crippen LogP contribution in [0, 0.1) is 0 Å². The molecule has 29 heavy (non-hydrogen) atoms. The molecule has 154 valence electrons. The molecule has 0 aliphatic carbocycles. The minimum absolute atomic E-state index is 0.0102. The first-order valence-corrected chi connectivity index (χ1v) is 11.9. The molecule has 1 heterocycles. The van der Waals surface area contributed by atoms with Crippen LogP contribution in [0.5, 0.6) is 5.75 Å². The molecule has 3 aromatic rings. The molecule has 0 spiro atoms. The molecule has 0 aliphatic heterocycles. The monoisotopic (exact) mass is 436 g/mol. The summed E-state index contributed by atoms with van der Waals surface area (Å²) in [5.41, 5.74) is 1.38. The third-order valence-corrected chi connectivity index (χ3v) is 6.73. The summed E-state index contributed by atoms with van der Waals surface area (Å²) in [6.07, 6.45) is 2.88. The van der Waals surface area contributed by atoms with Gasteiger partial charge >= 0.3 is 0 Å². The average Bonchev–Trinajstić information content (AvgIpc) is 3.16. The summed E-state index contributed by atoms with van der Waals surface area (Å²) in [4.78, 5) is 4.41. The number of hydrogen-bond donors (Lipinski definition) is 1.